The van der Waals surface area contributed by atoms with Crippen LogP contribution in [0.3, 0.4) is 0 Å². The number of nitrogens with one attached hydrogen (secondary N) is 1. The fourth-order valence-electron chi connectivity index (χ4n) is 2.43. The second-order valence-corrected chi connectivity index (χ2v) is 4.97. The molecule has 0 unspecified atom stereocenters. The molecule has 0 saturated heterocycles. The van der Waals surface area contributed by atoms with Crippen LogP contribution in [0.2, 0.25) is 0 Å². The number of rotatable bonds is 4. The highest BCUT2D eigenvalue weighted by molar-refractivity contribution is 5.89. The Morgan fingerprint density at radius 3 is 2.57 bits per heavy atom. The number of halogens is 1. The fourth-order valence-corrected chi connectivity index (χ4v) is 2.43. The molecule has 0 amide bonds. The first-order valence-electron chi connectivity index (χ1n) is 6.91. The summed E-state index contributed by atoms with van der Waals surface area (Å²) in [6.45, 7) is 1.88. The summed E-state index contributed by atoms with van der Waals surface area (Å²) in [4.78, 5) is 8.96. The van der Waals surface area contributed by atoms with Gasteiger partial charge in [-0.2, -0.15) is 0 Å². The predicted molar refractivity (Wildman–Crippen MR) is 93.3 cm³/mol. The van der Waals surface area contributed by atoms with E-state index >= 15 is 0 Å². The highest BCUT2D eigenvalue weighted by Gasteiger charge is 2.12. The van der Waals surface area contributed by atoms with Crippen LogP contribution in [0, 0.1) is 6.92 Å². The molecule has 3 aromatic rings. The third-order valence-corrected chi connectivity index (χ3v) is 3.49. The Kier molecular flexibility index (Phi) is 4.95. The molecule has 0 spiro atoms. The van der Waals surface area contributed by atoms with Crippen molar-refractivity contribution in [2.45, 2.75) is 6.92 Å². The Hall–Kier alpha value is -2.47. The van der Waals surface area contributed by atoms with Crippen LogP contribution in [-0.2, 0) is 7.05 Å². The van der Waals surface area contributed by atoms with Gasteiger partial charge in [0.1, 0.15) is 22.8 Å². The highest BCUT2D eigenvalue weighted by atomic mass is 35.5. The van der Waals surface area contributed by atoms with E-state index in [2.05, 4.69) is 15.3 Å². The van der Waals surface area contributed by atoms with Gasteiger partial charge in [-0.1, -0.05) is 0 Å². The average Bonchev–Trinajstić information content (AvgIpc) is 2.88. The molecule has 0 aliphatic rings. The van der Waals surface area contributed by atoms with E-state index in [0.29, 0.717) is 11.6 Å². The van der Waals surface area contributed by atoms with Crippen molar-refractivity contribution in [2.75, 3.05) is 19.5 Å². The molecule has 0 aliphatic heterocycles. The van der Waals surface area contributed by atoms with Crippen LogP contribution in [0.25, 0.3) is 11.0 Å². The van der Waals surface area contributed by atoms with Gasteiger partial charge in [0, 0.05) is 19.3 Å². The molecule has 6 nitrogen and oxygen atoms in total. The van der Waals surface area contributed by atoms with Gasteiger partial charge in [0.25, 0.3) is 0 Å². The van der Waals surface area contributed by atoms with Gasteiger partial charge >= 0.3 is 0 Å². The van der Waals surface area contributed by atoms with Gasteiger partial charge in [-0.05, 0) is 25.1 Å². The van der Waals surface area contributed by atoms with Crippen LogP contribution in [0.5, 0.6) is 11.5 Å². The van der Waals surface area contributed by atoms with Gasteiger partial charge in [0.05, 0.1) is 25.4 Å². The summed E-state index contributed by atoms with van der Waals surface area (Å²) in [7, 11) is 5.23. The number of benzene rings is 1. The summed E-state index contributed by atoms with van der Waals surface area (Å²) >= 11 is 0. The van der Waals surface area contributed by atoms with Crippen molar-refractivity contribution in [2.24, 2.45) is 7.05 Å². The van der Waals surface area contributed by atoms with Crippen LogP contribution in [-0.4, -0.2) is 28.8 Å². The van der Waals surface area contributed by atoms with E-state index < -0.39 is 0 Å². The Morgan fingerprint density at radius 1 is 1.09 bits per heavy atom. The second kappa shape index (κ2) is 6.75. The van der Waals surface area contributed by atoms with Gasteiger partial charge in [0.2, 0.25) is 0 Å². The van der Waals surface area contributed by atoms with E-state index in [1.807, 2.05) is 49.0 Å². The van der Waals surface area contributed by atoms with Gasteiger partial charge in [-0.3, -0.25) is 0 Å². The summed E-state index contributed by atoms with van der Waals surface area (Å²) in [5, 5.41) is 3.33. The maximum absolute atomic E-state index is 5.42. The summed E-state index contributed by atoms with van der Waals surface area (Å²) in [5.74, 6) is 2.90. The normalized spacial score (nSPS) is 10.3. The number of methoxy groups -OCH3 is 2. The van der Waals surface area contributed by atoms with E-state index in [1.54, 1.807) is 14.2 Å². The number of anilines is 2. The lowest BCUT2D eigenvalue weighted by Gasteiger charge is -2.13. The van der Waals surface area contributed by atoms with Crippen LogP contribution in [0.1, 0.15) is 5.82 Å². The zero-order valence-corrected chi connectivity index (χ0v) is 14.3. The number of ether oxygens (including phenoxy) is 2. The zero-order chi connectivity index (χ0) is 15.7. The third-order valence-electron chi connectivity index (χ3n) is 3.49. The number of aryl methyl sites for hydroxylation is 2. The van der Waals surface area contributed by atoms with Crippen LogP contribution in [0.15, 0.2) is 30.5 Å². The number of hydrogen-bond acceptors (Lipinski definition) is 5. The van der Waals surface area contributed by atoms with E-state index in [-0.39, 0.29) is 12.4 Å². The van der Waals surface area contributed by atoms with E-state index in [1.165, 1.54) is 0 Å². The number of fused-ring (bicyclic) bond motifs is 1. The van der Waals surface area contributed by atoms with Crippen molar-refractivity contribution in [1.29, 1.82) is 0 Å². The van der Waals surface area contributed by atoms with Crippen molar-refractivity contribution in [3.63, 3.8) is 0 Å². The molecule has 2 heterocycles. The van der Waals surface area contributed by atoms with Crippen molar-refractivity contribution in [3.05, 3.63) is 36.3 Å². The molecule has 2 aromatic heterocycles. The SMILES string of the molecule is COc1ccc(Nc2nc(C)nc3ccn(C)c23)c(OC)c1.Cl. The first-order chi connectivity index (χ1) is 10.6. The minimum absolute atomic E-state index is 0. The first-order valence-corrected chi connectivity index (χ1v) is 6.91. The number of nitrogens with zero attached hydrogens (tertiary/aromatic N) is 3. The third kappa shape index (κ3) is 3.17. The molecule has 0 aliphatic carbocycles. The molecule has 7 heteroatoms. The molecule has 0 bridgehead atoms. The van der Waals surface area contributed by atoms with Gasteiger partial charge in [-0.15, -0.1) is 12.4 Å². The number of hydrogen-bond donors (Lipinski definition) is 1. The van der Waals surface area contributed by atoms with Crippen LogP contribution < -0.4 is 14.8 Å². The van der Waals surface area contributed by atoms with Gasteiger partial charge in [0.15, 0.2) is 5.82 Å². The van der Waals surface area contributed by atoms with E-state index in [9.17, 15) is 0 Å². The van der Waals surface area contributed by atoms with Crippen molar-refractivity contribution >= 4 is 34.9 Å². The van der Waals surface area contributed by atoms with Crippen molar-refractivity contribution in [1.82, 2.24) is 14.5 Å². The van der Waals surface area contributed by atoms with E-state index in [0.717, 1.165) is 28.3 Å². The molecule has 0 radical (unpaired) electrons. The molecule has 1 aromatic carbocycles. The molecule has 3 rings (SSSR count). The van der Waals surface area contributed by atoms with Gasteiger partial charge in [-0.25, -0.2) is 9.97 Å². The summed E-state index contributed by atoms with van der Waals surface area (Å²) in [6.07, 6.45) is 1.97. The molecule has 0 saturated carbocycles. The van der Waals surface area contributed by atoms with Crippen molar-refractivity contribution < 1.29 is 9.47 Å². The largest absolute Gasteiger partial charge is 0.497 e. The Balaban J connectivity index is 0.00000192. The Bertz CT molecular complexity index is 832. The first kappa shape index (κ1) is 16.9. The predicted octanol–water partition coefficient (Wildman–Crippen LogP) is 3.46. The van der Waals surface area contributed by atoms with E-state index in [4.69, 9.17) is 9.47 Å². The zero-order valence-electron chi connectivity index (χ0n) is 13.5. The molecule has 122 valence electrons. The topological polar surface area (TPSA) is 61.2 Å². The molecule has 23 heavy (non-hydrogen) atoms. The quantitative estimate of drug-likeness (QED) is 0.791. The fraction of sp³-hybridized carbons (Fsp3) is 0.250. The second-order valence-electron chi connectivity index (χ2n) is 4.97. The molecule has 0 fully saturated rings. The standard InChI is InChI=1S/C16H18N4O2.ClH/c1-10-17-13-7-8-20(2)15(13)16(18-10)19-12-6-5-11(21-3)9-14(12)22-4;/h5-9H,1-4H3,(H,17,18,19);1H. The monoisotopic (exact) mass is 334 g/mol. The van der Waals surface area contributed by atoms with Crippen LogP contribution in [0.4, 0.5) is 11.5 Å². The van der Waals surface area contributed by atoms with Crippen molar-refractivity contribution in [3.8, 4) is 11.5 Å². The smallest absolute Gasteiger partial charge is 0.158 e. The maximum atomic E-state index is 5.42. The van der Waals surface area contributed by atoms with Gasteiger partial charge < -0.3 is 19.4 Å². The van der Waals surface area contributed by atoms with Crippen LogP contribution >= 0.6 is 12.4 Å². The minimum atomic E-state index is 0. The summed E-state index contributed by atoms with van der Waals surface area (Å²) in [5.41, 5.74) is 2.68. The lowest BCUT2D eigenvalue weighted by molar-refractivity contribution is 0.395. The molecule has 0 atom stereocenters. The average molecular weight is 335 g/mol. The highest BCUT2D eigenvalue weighted by Crippen LogP contribution is 2.33. The number of aromatic nitrogens is 3. The maximum Gasteiger partial charge on any atom is 0.158 e. The summed E-state index contributed by atoms with van der Waals surface area (Å²) < 4.78 is 12.6. The molecular formula is C16H19ClN4O2. The Morgan fingerprint density at radius 2 is 1.87 bits per heavy atom. The Labute approximate surface area is 140 Å². The minimum Gasteiger partial charge on any atom is -0.497 e. The summed E-state index contributed by atoms with van der Waals surface area (Å²) in [6, 6.07) is 7.59. The molecule has 1 N–H and O–H groups in total. The molecular weight excluding hydrogens is 316 g/mol. The lowest BCUT2D eigenvalue weighted by atomic mass is 10.2. The lowest BCUT2D eigenvalue weighted by Crippen LogP contribution is -2.02.